The van der Waals surface area contributed by atoms with Crippen molar-refractivity contribution in [3.8, 4) is 11.4 Å². The van der Waals surface area contributed by atoms with Crippen LogP contribution in [-0.4, -0.2) is 28.6 Å². The van der Waals surface area contributed by atoms with Crippen LogP contribution in [0.2, 0.25) is 0 Å². The van der Waals surface area contributed by atoms with E-state index in [0.29, 0.717) is 11.4 Å². The number of aromatic nitrogens is 1. The number of carbonyl (C=O) groups excluding carboxylic acids is 2. The van der Waals surface area contributed by atoms with Gasteiger partial charge in [-0.15, -0.1) is 0 Å². The minimum atomic E-state index is -0.695. The van der Waals surface area contributed by atoms with Crippen LogP contribution in [0.25, 0.3) is 11.8 Å². The van der Waals surface area contributed by atoms with Crippen molar-refractivity contribution in [2.75, 3.05) is 12.0 Å². The van der Waals surface area contributed by atoms with Gasteiger partial charge < -0.3 is 9.30 Å². The summed E-state index contributed by atoms with van der Waals surface area (Å²) in [4.78, 5) is 26.7. The molecule has 1 fully saturated rings. The maximum Gasteiger partial charge on any atom is 0.270 e. The van der Waals surface area contributed by atoms with E-state index in [1.807, 2.05) is 41.8 Å². The normalized spacial score (nSPS) is 15.4. The number of halogens is 1. The van der Waals surface area contributed by atoms with Crippen molar-refractivity contribution in [3.05, 3.63) is 83.4 Å². The number of nitrogens with zero attached hydrogens (tertiary/aromatic N) is 2. The van der Waals surface area contributed by atoms with Crippen LogP contribution in [0.5, 0.6) is 5.75 Å². The predicted molar refractivity (Wildman–Crippen MR) is 120 cm³/mol. The quantitative estimate of drug-likeness (QED) is 0.385. The molecule has 4 rings (SSSR count). The minimum absolute atomic E-state index is 0.0230. The molecule has 0 spiro atoms. The molecule has 0 unspecified atom stereocenters. The van der Waals surface area contributed by atoms with Gasteiger partial charge in [0, 0.05) is 17.1 Å². The molecule has 1 aliphatic heterocycles. The minimum Gasteiger partial charge on any atom is -0.497 e. The van der Waals surface area contributed by atoms with E-state index in [4.69, 9.17) is 17.0 Å². The summed E-state index contributed by atoms with van der Waals surface area (Å²) in [6, 6.07) is 16.8. The Morgan fingerprint density at radius 2 is 1.74 bits per heavy atom. The third-order valence-electron chi connectivity index (χ3n) is 4.92. The summed E-state index contributed by atoms with van der Waals surface area (Å²) in [6.07, 6.45) is 1.48. The number of carbonyl (C=O) groups is 2. The van der Waals surface area contributed by atoms with Crippen LogP contribution in [-0.2, 0) is 9.59 Å². The second-order valence-electron chi connectivity index (χ2n) is 6.84. The summed E-state index contributed by atoms with van der Waals surface area (Å²) in [5.41, 5.74) is 2.18. The molecular formula is C23H18FN3O3S. The monoisotopic (exact) mass is 435 g/mol. The van der Waals surface area contributed by atoms with Gasteiger partial charge in [-0.05, 0) is 73.7 Å². The zero-order valence-corrected chi connectivity index (χ0v) is 17.6. The number of ether oxygens (including phenoxy) is 1. The van der Waals surface area contributed by atoms with Crippen LogP contribution < -0.4 is 15.0 Å². The standard InChI is InChI=1S/C23H18FN3O3S/c1-14-7-8-16(26(14)15-9-11-17(30-2)12-10-15)13-18-21(28)25-23(31)27(22(18)29)20-6-4-3-5-19(20)24/h3-13H,1-2H3,(H,25,28,31)/b18-13+. The number of aryl methyl sites for hydroxylation is 1. The summed E-state index contributed by atoms with van der Waals surface area (Å²) in [7, 11) is 1.59. The molecular weight excluding hydrogens is 417 g/mol. The molecule has 156 valence electrons. The first-order chi connectivity index (χ1) is 14.9. The highest BCUT2D eigenvalue weighted by atomic mass is 32.1. The Labute approximate surface area is 183 Å². The van der Waals surface area contributed by atoms with E-state index >= 15 is 0 Å². The fraction of sp³-hybridized carbons (Fsp3) is 0.0870. The molecule has 0 bridgehead atoms. The van der Waals surface area contributed by atoms with E-state index in [2.05, 4.69) is 5.32 Å². The summed E-state index contributed by atoms with van der Waals surface area (Å²) in [5, 5.41) is 2.31. The van der Waals surface area contributed by atoms with Gasteiger partial charge in [-0.3, -0.25) is 14.9 Å². The van der Waals surface area contributed by atoms with Crippen molar-refractivity contribution >= 4 is 40.9 Å². The van der Waals surface area contributed by atoms with E-state index in [9.17, 15) is 14.0 Å². The number of benzene rings is 2. The van der Waals surface area contributed by atoms with Crippen LogP contribution in [0.3, 0.4) is 0 Å². The lowest BCUT2D eigenvalue weighted by atomic mass is 10.1. The van der Waals surface area contributed by atoms with Crippen molar-refractivity contribution in [3.63, 3.8) is 0 Å². The Hall–Kier alpha value is -3.78. The van der Waals surface area contributed by atoms with Crippen molar-refractivity contribution < 1.29 is 18.7 Å². The number of rotatable bonds is 4. The fourth-order valence-corrected chi connectivity index (χ4v) is 3.69. The molecule has 1 N–H and O–H groups in total. The Bertz CT molecular complexity index is 1230. The lowest BCUT2D eigenvalue weighted by Crippen LogP contribution is -2.54. The summed E-state index contributed by atoms with van der Waals surface area (Å²) in [5.74, 6) is -1.24. The fourth-order valence-electron chi connectivity index (χ4n) is 3.41. The van der Waals surface area contributed by atoms with E-state index < -0.39 is 17.6 Å². The molecule has 2 aromatic carbocycles. The van der Waals surface area contributed by atoms with Gasteiger partial charge in [0.2, 0.25) is 0 Å². The van der Waals surface area contributed by atoms with Crippen molar-refractivity contribution in [2.45, 2.75) is 6.92 Å². The largest absolute Gasteiger partial charge is 0.497 e. The molecule has 1 aliphatic rings. The number of anilines is 1. The Morgan fingerprint density at radius 1 is 1.03 bits per heavy atom. The van der Waals surface area contributed by atoms with Gasteiger partial charge in [-0.2, -0.15) is 0 Å². The molecule has 2 heterocycles. The van der Waals surface area contributed by atoms with Gasteiger partial charge in [0.15, 0.2) is 5.11 Å². The topological polar surface area (TPSA) is 63.6 Å². The third kappa shape index (κ3) is 3.73. The van der Waals surface area contributed by atoms with Gasteiger partial charge in [0.25, 0.3) is 11.8 Å². The number of nitrogens with one attached hydrogen (secondary N) is 1. The SMILES string of the molecule is COc1ccc(-n2c(C)ccc2/C=C2\C(=O)NC(=S)N(c3ccccc3F)C2=O)cc1. The summed E-state index contributed by atoms with van der Waals surface area (Å²) in [6.45, 7) is 1.91. The van der Waals surface area contributed by atoms with Crippen LogP contribution in [0.15, 0.2) is 66.2 Å². The second-order valence-corrected chi connectivity index (χ2v) is 7.23. The van der Waals surface area contributed by atoms with Crippen molar-refractivity contribution in [1.82, 2.24) is 9.88 Å². The van der Waals surface area contributed by atoms with E-state index in [1.54, 1.807) is 19.2 Å². The zero-order valence-electron chi connectivity index (χ0n) is 16.8. The van der Waals surface area contributed by atoms with E-state index in [-0.39, 0.29) is 16.4 Å². The molecule has 0 radical (unpaired) electrons. The molecule has 8 heteroatoms. The highest BCUT2D eigenvalue weighted by Gasteiger charge is 2.35. The third-order valence-corrected chi connectivity index (χ3v) is 5.21. The highest BCUT2D eigenvalue weighted by Crippen LogP contribution is 2.26. The van der Waals surface area contributed by atoms with Gasteiger partial charge >= 0.3 is 0 Å². The van der Waals surface area contributed by atoms with E-state index in [1.165, 1.54) is 24.3 Å². The molecule has 2 amide bonds. The first kappa shape index (κ1) is 20.5. The van der Waals surface area contributed by atoms with Crippen molar-refractivity contribution in [2.24, 2.45) is 0 Å². The number of amides is 2. The van der Waals surface area contributed by atoms with Crippen LogP contribution in [0.1, 0.15) is 11.4 Å². The first-order valence-corrected chi connectivity index (χ1v) is 9.80. The zero-order chi connectivity index (χ0) is 22.1. The molecule has 0 atom stereocenters. The smallest absolute Gasteiger partial charge is 0.270 e. The van der Waals surface area contributed by atoms with Gasteiger partial charge in [0.05, 0.1) is 12.8 Å². The van der Waals surface area contributed by atoms with Gasteiger partial charge in [-0.1, -0.05) is 12.1 Å². The highest BCUT2D eigenvalue weighted by molar-refractivity contribution is 7.80. The van der Waals surface area contributed by atoms with Crippen LogP contribution in [0.4, 0.5) is 10.1 Å². The second kappa shape index (κ2) is 8.16. The van der Waals surface area contributed by atoms with Gasteiger partial charge in [0.1, 0.15) is 17.1 Å². The molecule has 0 saturated carbocycles. The lowest BCUT2D eigenvalue weighted by Gasteiger charge is -2.29. The van der Waals surface area contributed by atoms with Gasteiger partial charge in [-0.25, -0.2) is 9.29 Å². The lowest BCUT2D eigenvalue weighted by molar-refractivity contribution is -0.122. The summed E-state index contributed by atoms with van der Waals surface area (Å²) < 4.78 is 21.4. The number of methoxy groups -OCH3 is 1. The molecule has 1 aromatic heterocycles. The number of para-hydroxylation sites is 1. The maximum atomic E-state index is 14.3. The number of hydrogen-bond donors (Lipinski definition) is 1. The Kier molecular flexibility index (Phi) is 5.39. The van der Waals surface area contributed by atoms with Crippen LogP contribution in [0, 0.1) is 12.7 Å². The molecule has 6 nitrogen and oxygen atoms in total. The summed E-state index contributed by atoms with van der Waals surface area (Å²) >= 11 is 5.13. The Balaban J connectivity index is 1.78. The number of thiocarbonyl (C=S) groups is 1. The Morgan fingerprint density at radius 3 is 2.42 bits per heavy atom. The van der Waals surface area contributed by atoms with E-state index in [0.717, 1.165) is 16.3 Å². The molecule has 31 heavy (non-hydrogen) atoms. The average molecular weight is 435 g/mol. The molecule has 0 aliphatic carbocycles. The average Bonchev–Trinajstić information content (AvgIpc) is 3.12. The van der Waals surface area contributed by atoms with Crippen LogP contribution >= 0.6 is 12.2 Å². The van der Waals surface area contributed by atoms with Crippen molar-refractivity contribution in [1.29, 1.82) is 0 Å². The molecule has 3 aromatic rings. The maximum absolute atomic E-state index is 14.3. The molecule has 1 saturated heterocycles. The first-order valence-electron chi connectivity index (χ1n) is 9.39. The number of hydrogen-bond acceptors (Lipinski definition) is 4. The predicted octanol–water partition coefficient (Wildman–Crippen LogP) is 3.76.